The molecule has 320 valence electrons. The molecule has 2 aromatic heterocycles. The number of aromatic amines is 2. The fraction of sp³-hybridized carbons (Fsp3) is 0.476. The third-order valence-electron chi connectivity index (χ3n) is 8.40. The van der Waals surface area contributed by atoms with Gasteiger partial charge in [-0.25, -0.2) is 4.79 Å². The van der Waals surface area contributed by atoms with Gasteiger partial charge in [-0.2, -0.15) is 0 Å². The topological polar surface area (TPSA) is 270 Å². The van der Waals surface area contributed by atoms with Crippen molar-refractivity contribution in [2.45, 2.75) is 104 Å². The number of carbonyl (C=O) groups is 6. The van der Waals surface area contributed by atoms with E-state index in [1.54, 1.807) is 13.8 Å². The molecule has 0 spiro atoms. The van der Waals surface area contributed by atoms with Crippen LogP contribution in [-0.4, -0.2) is 88.1 Å². The summed E-state index contributed by atoms with van der Waals surface area (Å²) in [5, 5.41) is 19.2. The third kappa shape index (κ3) is 17.2. The number of hydrogen-bond donors (Lipinski definition) is 8. The molecule has 0 radical (unpaired) electrons. The molecule has 0 unspecified atom stereocenters. The van der Waals surface area contributed by atoms with Crippen molar-refractivity contribution in [1.29, 1.82) is 0 Å². The first-order chi connectivity index (χ1) is 26.5. The number of nitrogens with one attached hydrogen (secondary N) is 5. The first kappa shape index (κ1) is 50.3. The Kier molecular flexibility index (Phi) is 19.8. The molecule has 0 aliphatic heterocycles. The summed E-state index contributed by atoms with van der Waals surface area (Å²) in [6, 6.07) is 13.9. The molecule has 16 nitrogen and oxygen atoms in total. The van der Waals surface area contributed by atoms with Crippen molar-refractivity contribution >= 4 is 57.4 Å². The quantitative estimate of drug-likeness (QED) is 0.0858. The first-order valence-electron chi connectivity index (χ1n) is 18.7. The summed E-state index contributed by atoms with van der Waals surface area (Å²) in [5.74, 6) is -3.57. The lowest BCUT2D eigenvalue weighted by Gasteiger charge is -2.23. The number of methoxy groups -OCH3 is 2. The van der Waals surface area contributed by atoms with E-state index < -0.39 is 35.5 Å². The van der Waals surface area contributed by atoms with Crippen LogP contribution in [0.5, 0.6) is 0 Å². The molecule has 11 N–H and O–H groups in total. The van der Waals surface area contributed by atoms with Crippen LogP contribution in [-0.2, 0) is 51.1 Å². The van der Waals surface area contributed by atoms with Gasteiger partial charge in [-0.1, -0.05) is 50.2 Å². The Hall–Kier alpha value is -5.74. The minimum atomic E-state index is -1.02. The Balaban J connectivity index is 0.000000474. The first-order valence-corrected chi connectivity index (χ1v) is 18.7. The fourth-order valence-electron chi connectivity index (χ4n) is 5.65. The molecule has 4 aromatic rings. The maximum Gasteiger partial charge on any atom is 0.328 e. The molecule has 2 aromatic carbocycles. The number of fused-ring (bicyclic) bond motifs is 2. The highest BCUT2D eigenvalue weighted by Gasteiger charge is 2.28. The molecule has 2 heterocycles. The molecule has 16 heteroatoms. The van der Waals surface area contributed by atoms with E-state index in [9.17, 15) is 28.8 Å². The molecule has 0 bridgehead atoms. The van der Waals surface area contributed by atoms with Crippen molar-refractivity contribution in [3.8, 4) is 0 Å². The molecule has 0 saturated heterocycles. The number of aliphatic carboxylic acids is 1. The van der Waals surface area contributed by atoms with Gasteiger partial charge in [0.25, 0.3) is 0 Å². The number of benzene rings is 2. The zero-order valence-electron chi connectivity index (χ0n) is 35.4. The van der Waals surface area contributed by atoms with Gasteiger partial charge < -0.3 is 52.4 Å². The lowest BCUT2D eigenvalue weighted by atomic mass is 9.99. The molecule has 0 aliphatic carbocycles. The predicted octanol–water partition coefficient (Wildman–Crippen LogP) is 4.69. The largest absolute Gasteiger partial charge is 0.481 e. The zero-order valence-corrected chi connectivity index (χ0v) is 35.4. The Morgan fingerprint density at radius 1 is 0.690 bits per heavy atom. The molecule has 0 fully saturated rings. The van der Waals surface area contributed by atoms with Gasteiger partial charge in [0.15, 0.2) is 0 Å². The summed E-state index contributed by atoms with van der Waals surface area (Å²) in [7, 11) is 2.47. The highest BCUT2D eigenvalue weighted by molar-refractivity contribution is 5.91. The van der Waals surface area contributed by atoms with E-state index in [4.69, 9.17) is 15.6 Å². The lowest BCUT2D eigenvalue weighted by molar-refractivity contribution is -0.147. The predicted molar refractivity (Wildman–Crippen MR) is 224 cm³/mol. The van der Waals surface area contributed by atoms with E-state index in [0.29, 0.717) is 12.8 Å². The summed E-state index contributed by atoms with van der Waals surface area (Å²) in [5.41, 5.74) is 8.84. The number of nitrogens with two attached hydrogens (primary N) is 1. The van der Waals surface area contributed by atoms with Crippen molar-refractivity contribution in [2.24, 2.45) is 17.6 Å². The molecular weight excluding hydrogens is 747 g/mol. The average molecular weight is 810 g/mol. The molecule has 58 heavy (non-hydrogen) atoms. The van der Waals surface area contributed by atoms with Crippen LogP contribution in [0.3, 0.4) is 0 Å². The van der Waals surface area contributed by atoms with Crippen molar-refractivity contribution in [2.75, 3.05) is 14.2 Å². The number of para-hydroxylation sites is 2. The van der Waals surface area contributed by atoms with Crippen LogP contribution in [0.4, 0.5) is 0 Å². The monoisotopic (exact) mass is 809 g/mol. The number of amides is 3. The Bertz CT molecular complexity index is 1970. The van der Waals surface area contributed by atoms with Crippen molar-refractivity contribution in [1.82, 2.24) is 32.1 Å². The molecule has 4 rings (SSSR count). The van der Waals surface area contributed by atoms with Gasteiger partial charge in [-0.15, -0.1) is 0 Å². The summed E-state index contributed by atoms with van der Waals surface area (Å²) in [4.78, 5) is 76.1. The summed E-state index contributed by atoms with van der Waals surface area (Å²) >= 11 is 0. The standard InChI is InChI=1S/C21H29N3O4.C12H13NO2.C9H18N2O3.H3N/c1-13(10-14-12-22-16-9-7-6-8-15(14)16)19(26)23-17(20(27)28-5)11-18(25)24-21(2,3)4;1-8(12(14)15)6-9-7-13-11-5-3-2-4-10(9)11;1-9(2,3)11-7(12)5-6(10)8(13)14-4;/h6-9,12-13,17,22H,10-11H2,1-5H3,(H,23,26)(H,24,25);2-5,7-8,13H,6H2,1H3,(H,14,15);6H,5,10H2,1-4H3,(H,11,12);1H3/t13-,17-;8-;6-;/m010./s1. The molecular formula is C42H63N7O9. The highest BCUT2D eigenvalue weighted by Crippen LogP contribution is 2.22. The normalized spacial score (nSPS) is 13.1. The van der Waals surface area contributed by atoms with Crippen molar-refractivity contribution in [3.63, 3.8) is 0 Å². The van der Waals surface area contributed by atoms with Gasteiger partial charge in [0.05, 0.1) is 33.0 Å². The second kappa shape index (κ2) is 22.9. The van der Waals surface area contributed by atoms with Crippen LogP contribution in [0, 0.1) is 11.8 Å². The number of rotatable bonds is 13. The molecule has 0 aliphatic rings. The minimum Gasteiger partial charge on any atom is -0.481 e. The van der Waals surface area contributed by atoms with Gasteiger partial charge in [-0.05, 0) is 77.6 Å². The van der Waals surface area contributed by atoms with Crippen molar-refractivity contribution in [3.05, 3.63) is 72.1 Å². The van der Waals surface area contributed by atoms with Gasteiger partial charge in [0.1, 0.15) is 12.1 Å². The lowest BCUT2D eigenvalue weighted by Crippen LogP contribution is -2.49. The minimum absolute atomic E-state index is 0. The smallest absolute Gasteiger partial charge is 0.328 e. The van der Waals surface area contributed by atoms with E-state index in [1.807, 2.05) is 102 Å². The summed E-state index contributed by atoms with van der Waals surface area (Å²) < 4.78 is 9.15. The van der Waals surface area contributed by atoms with Crippen LogP contribution in [0.1, 0.15) is 79.4 Å². The number of aromatic nitrogens is 2. The molecule has 0 saturated carbocycles. The second-order valence-corrected chi connectivity index (χ2v) is 16.0. The van der Waals surface area contributed by atoms with E-state index in [1.165, 1.54) is 14.2 Å². The zero-order chi connectivity index (χ0) is 43.1. The SMILES string of the molecule is COC(=O)[C@@H](N)CC(=O)NC(C)(C)C.COC(=O)[C@H](CC(=O)NC(C)(C)C)NC(=O)[C@@H](C)Cc1c[nH]c2ccccc12.C[C@H](Cc1c[nH]c2ccccc12)C(=O)O.N. The van der Waals surface area contributed by atoms with Gasteiger partial charge in [0, 0.05) is 51.2 Å². The van der Waals surface area contributed by atoms with E-state index >= 15 is 0 Å². The van der Waals surface area contributed by atoms with Crippen LogP contribution < -0.4 is 27.8 Å². The summed E-state index contributed by atoms with van der Waals surface area (Å²) in [6.07, 6.45) is 4.64. The van der Waals surface area contributed by atoms with Crippen LogP contribution in [0.15, 0.2) is 60.9 Å². The van der Waals surface area contributed by atoms with Gasteiger partial charge in [0.2, 0.25) is 17.7 Å². The van der Waals surface area contributed by atoms with E-state index in [2.05, 4.69) is 30.7 Å². The highest BCUT2D eigenvalue weighted by atomic mass is 16.5. The average Bonchev–Trinajstić information content (AvgIpc) is 3.73. The van der Waals surface area contributed by atoms with Crippen LogP contribution >= 0.6 is 0 Å². The third-order valence-corrected chi connectivity index (χ3v) is 8.40. The Morgan fingerprint density at radius 3 is 1.52 bits per heavy atom. The van der Waals surface area contributed by atoms with Crippen molar-refractivity contribution < 1.29 is 43.3 Å². The number of hydrogen-bond acceptors (Lipinski definition) is 10. The Labute approximate surface area is 340 Å². The van der Waals surface area contributed by atoms with Crippen LogP contribution in [0.2, 0.25) is 0 Å². The molecule has 4 atom stereocenters. The Morgan fingerprint density at radius 2 is 1.10 bits per heavy atom. The van der Waals surface area contributed by atoms with Gasteiger partial charge in [-0.3, -0.25) is 24.0 Å². The number of esters is 2. The maximum absolute atomic E-state index is 12.6. The number of ether oxygens (including phenoxy) is 2. The van der Waals surface area contributed by atoms with Gasteiger partial charge >= 0.3 is 17.9 Å². The van der Waals surface area contributed by atoms with E-state index in [-0.39, 0.29) is 54.1 Å². The van der Waals surface area contributed by atoms with Crippen LogP contribution in [0.25, 0.3) is 21.8 Å². The number of carboxylic acid groups (broad SMARTS) is 1. The number of carbonyl (C=O) groups excluding carboxylic acids is 5. The summed E-state index contributed by atoms with van der Waals surface area (Å²) in [6.45, 7) is 14.6. The van der Waals surface area contributed by atoms with E-state index in [0.717, 1.165) is 32.9 Å². The molecule has 3 amide bonds. The fourth-order valence-corrected chi connectivity index (χ4v) is 5.65. The maximum atomic E-state index is 12.6. The number of H-pyrrole nitrogens is 2. The second-order valence-electron chi connectivity index (χ2n) is 16.0. The number of carboxylic acids is 1.